The van der Waals surface area contributed by atoms with Gasteiger partial charge < -0.3 is 19.0 Å². The Hall–Kier alpha value is -3.28. The molecular weight excluding hydrogens is 328 g/mol. The molecule has 1 aromatic carbocycles. The number of carbonyl (C=O) groups excluding carboxylic acids is 1. The van der Waals surface area contributed by atoms with Gasteiger partial charge in [0, 0.05) is 29.7 Å². The molecule has 3 aromatic heterocycles. The second kappa shape index (κ2) is 6.55. The summed E-state index contributed by atoms with van der Waals surface area (Å²) < 4.78 is 7.25. The van der Waals surface area contributed by atoms with E-state index in [9.17, 15) is 4.79 Å². The first-order chi connectivity index (χ1) is 12.7. The van der Waals surface area contributed by atoms with Crippen LogP contribution in [-0.2, 0) is 6.54 Å². The summed E-state index contributed by atoms with van der Waals surface area (Å²) in [7, 11) is 1.63. The van der Waals surface area contributed by atoms with Crippen LogP contribution in [0.4, 0.5) is 0 Å². The molecule has 1 amide bonds. The van der Waals surface area contributed by atoms with Gasteiger partial charge in [0.15, 0.2) is 0 Å². The van der Waals surface area contributed by atoms with Gasteiger partial charge in [-0.15, -0.1) is 0 Å². The number of hydrogen-bond donors (Lipinski definition) is 1. The molecule has 0 unspecified atom stereocenters. The van der Waals surface area contributed by atoms with E-state index >= 15 is 0 Å². The van der Waals surface area contributed by atoms with Crippen molar-refractivity contribution in [2.75, 3.05) is 13.7 Å². The third-order valence-electron chi connectivity index (χ3n) is 4.58. The number of fused-ring (bicyclic) bond motifs is 2. The summed E-state index contributed by atoms with van der Waals surface area (Å²) in [6, 6.07) is 13.5. The fourth-order valence-corrected chi connectivity index (χ4v) is 3.14. The first-order valence-electron chi connectivity index (χ1n) is 8.56. The van der Waals surface area contributed by atoms with Gasteiger partial charge in [0.1, 0.15) is 17.1 Å². The Morgan fingerprint density at radius 1 is 1.27 bits per heavy atom. The molecule has 0 atom stereocenters. The van der Waals surface area contributed by atoms with Gasteiger partial charge in [-0.05, 0) is 37.3 Å². The minimum Gasteiger partial charge on any atom is -0.497 e. The molecule has 0 saturated carbocycles. The lowest BCUT2D eigenvalue weighted by molar-refractivity contribution is 0.0745. The van der Waals surface area contributed by atoms with E-state index in [1.54, 1.807) is 12.0 Å². The number of carbonyl (C=O) groups is 1. The van der Waals surface area contributed by atoms with Crippen LogP contribution < -0.4 is 4.74 Å². The Morgan fingerprint density at radius 2 is 2.15 bits per heavy atom. The van der Waals surface area contributed by atoms with E-state index in [0.29, 0.717) is 18.8 Å². The summed E-state index contributed by atoms with van der Waals surface area (Å²) in [5, 5.41) is 0.986. The highest BCUT2D eigenvalue weighted by Gasteiger charge is 2.18. The molecule has 3 heterocycles. The number of H-pyrrole nitrogens is 1. The van der Waals surface area contributed by atoms with Crippen LogP contribution in [0.2, 0.25) is 0 Å². The number of rotatable bonds is 5. The van der Waals surface area contributed by atoms with Gasteiger partial charge in [-0.1, -0.05) is 6.07 Å². The Labute approximate surface area is 151 Å². The number of benzene rings is 1. The topological polar surface area (TPSA) is 62.6 Å². The van der Waals surface area contributed by atoms with Gasteiger partial charge >= 0.3 is 0 Å². The van der Waals surface area contributed by atoms with Crippen LogP contribution in [0.25, 0.3) is 16.6 Å². The molecule has 4 aromatic rings. The minimum absolute atomic E-state index is 0.0338. The lowest BCUT2D eigenvalue weighted by atomic mass is 10.2. The van der Waals surface area contributed by atoms with Crippen molar-refractivity contribution >= 4 is 22.5 Å². The molecule has 0 aliphatic heterocycles. The van der Waals surface area contributed by atoms with Crippen LogP contribution in [-0.4, -0.2) is 38.8 Å². The van der Waals surface area contributed by atoms with Crippen molar-refractivity contribution in [3.63, 3.8) is 0 Å². The first kappa shape index (κ1) is 16.2. The molecule has 6 nitrogen and oxygen atoms in total. The zero-order chi connectivity index (χ0) is 18.1. The van der Waals surface area contributed by atoms with Gasteiger partial charge in [0.2, 0.25) is 0 Å². The third-order valence-corrected chi connectivity index (χ3v) is 4.58. The van der Waals surface area contributed by atoms with E-state index in [2.05, 4.69) is 9.97 Å². The van der Waals surface area contributed by atoms with Crippen LogP contribution >= 0.6 is 0 Å². The molecule has 0 saturated heterocycles. The molecule has 1 N–H and O–H groups in total. The molecule has 26 heavy (non-hydrogen) atoms. The lowest BCUT2D eigenvalue weighted by Gasteiger charge is -2.19. The quantitative estimate of drug-likeness (QED) is 0.600. The monoisotopic (exact) mass is 348 g/mol. The van der Waals surface area contributed by atoms with Crippen LogP contribution in [0.15, 0.2) is 54.9 Å². The average molecular weight is 348 g/mol. The largest absolute Gasteiger partial charge is 0.497 e. The number of imidazole rings is 1. The van der Waals surface area contributed by atoms with E-state index in [0.717, 1.165) is 28.0 Å². The van der Waals surface area contributed by atoms with E-state index < -0.39 is 0 Å². The fourth-order valence-electron chi connectivity index (χ4n) is 3.14. The zero-order valence-corrected chi connectivity index (χ0v) is 14.8. The molecule has 4 rings (SSSR count). The Kier molecular flexibility index (Phi) is 4.08. The number of hydrogen-bond acceptors (Lipinski definition) is 3. The highest BCUT2D eigenvalue weighted by atomic mass is 16.5. The summed E-state index contributed by atoms with van der Waals surface area (Å²) in [6.45, 7) is 3.09. The molecule has 0 bridgehead atoms. The molecular formula is C20H20N4O2. The molecule has 0 spiro atoms. The fraction of sp³-hybridized carbons (Fsp3) is 0.200. The summed E-state index contributed by atoms with van der Waals surface area (Å²) in [4.78, 5) is 22.4. The van der Waals surface area contributed by atoms with Gasteiger partial charge in [0.25, 0.3) is 5.91 Å². The van der Waals surface area contributed by atoms with Gasteiger partial charge in [-0.3, -0.25) is 4.79 Å². The van der Waals surface area contributed by atoms with E-state index in [1.165, 1.54) is 0 Å². The minimum atomic E-state index is -0.0338. The van der Waals surface area contributed by atoms with Crippen LogP contribution in [0.3, 0.4) is 0 Å². The maximum Gasteiger partial charge on any atom is 0.270 e. The van der Waals surface area contributed by atoms with Gasteiger partial charge in [-0.25, -0.2) is 4.98 Å². The summed E-state index contributed by atoms with van der Waals surface area (Å²) in [6.07, 6.45) is 3.78. The number of nitrogens with one attached hydrogen (secondary N) is 1. The van der Waals surface area contributed by atoms with Crippen molar-refractivity contribution in [3.05, 3.63) is 66.2 Å². The third kappa shape index (κ3) is 2.79. The summed E-state index contributed by atoms with van der Waals surface area (Å²) in [5.41, 5.74) is 3.32. The number of methoxy groups -OCH3 is 1. The normalized spacial score (nSPS) is 11.2. The van der Waals surface area contributed by atoms with Crippen molar-refractivity contribution in [2.24, 2.45) is 0 Å². The Morgan fingerprint density at radius 3 is 2.96 bits per heavy atom. The Bertz CT molecular complexity index is 1080. The average Bonchev–Trinajstić information content (AvgIpc) is 3.29. The van der Waals surface area contributed by atoms with Crippen molar-refractivity contribution < 1.29 is 9.53 Å². The van der Waals surface area contributed by atoms with E-state index in [-0.39, 0.29) is 5.91 Å². The second-order valence-electron chi connectivity index (χ2n) is 6.13. The number of nitrogens with zero attached hydrogens (tertiary/aromatic N) is 3. The predicted octanol–water partition coefficient (Wildman–Crippen LogP) is 3.49. The second-order valence-corrected chi connectivity index (χ2v) is 6.13. The number of aromatic amines is 1. The number of aromatic nitrogens is 3. The van der Waals surface area contributed by atoms with Crippen LogP contribution in [0.5, 0.6) is 5.75 Å². The van der Waals surface area contributed by atoms with Crippen molar-refractivity contribution in [1.82, 2.24) is 19.3 Å². The Balaban J connectivity index is 1.63. The molecule has 0 aliphatic carbocycles. The maximum atomic E-state index is 13.0. The predicted molar refractivity (Wildman–Crippen MR) is 100 cm³/mol. The van der Waals surface area contributed by atoms with Crippen LogP contribution in [0, 0.1) is 0 Å². The molecule has 132 valence electrons. The van der Waals surface area contributed by atoms with Crippen molar-refractivity contribution in [1.29, 1.82) is 0 Å². The number of amides is 1. The number of ether oxygens (including phenoxy) is 1. The molecule has 0 radical (unpaired) electrons. The summed E-state index contributed by atoms with van der Waals surface area (Å²) in [5.74, 6) is 0.727. The van der Waals surface area contributed by atoms with Gasteiger partial charge in [0.05, 0.1) is 25.5 Å². The highest BCUT2D eigenvalue weighted by Crippen LogP contribution is 2.22. The standard InChI is InChI=1S/C20H20N4O2/c1-3-23(13-15-12-21-19-6-4-5-9-24(15)19)20(25)18-10-14-7-8-16(26-2)11-17(14)22-18/h4-12,22H,3,13H2,1-2H3. The van der Waals surface area contributed by atoms with E-state index in [1.807, 2.05) is 66.2 Å². The van der Waals surface area contributed by atoms with Crippen LogP contribution in [0.1, 0.15) is 23.1 Å². The van der Waals surface area contributed by atoms with Crippen molar-refractivity contribution in [2.45, 2.75) is 13.5 Å². The molecule has 6 heteroatoms. The smallest absolute Gasteiger partial charge is 0.270 e. The zero-order valence-electron chi connectivity index (χ0n) is 14.8. The van der Waals surface area contributed by atoms with Gasteiger partial charge in [-0.2, -0.15) is 0 Å². The number of pyridine rings is 1. The first-order valence-corrected chi connectivity index (χ1v) is 8.56. The van der Waals surface area contributed by atoms with E-state index in [4.69, 9.17) is 4.74 Å². The highest BCUT2D eigenvalue weighted by molar-refractivity contribution is 5.98. The van der Waals surface area contributed by atoms with Crippen molar-refractivity contribution in [3.8, 4) is 5.75 Å². The summed E-state index contributed by atoms with van der Waals surface area (Å²) >= 11 is 0. The maximum absolute atomic E-state index is 13.0. The SMILES string of the molecule is CCN(Cc1cnc2ccccn12)C(=O)c1cc2ccc(OC)cc2[nH]1. The lowest BCUT2D eigenvalue weighted by Crippen LogP contribution is -2.31. The molecule has 0 fully saturated rings. The molecule has 0 aliphatic rings.